The van der Waals surface area contributed by atoms with Gasteiger partial charge in [-0.15, -0.1) is 0 Å². The highest BCUT2D eigenvalue weighted by atomic mass is 16.5. The molecule has 0 aliphatic heterocycles. The van der Waals surface area contributed by atoms with Gasteiger partial charge in [0.05, 0.1) is 12.6 Å². The molecule has 1 heterocycles. The van der Waals surface area contributed by atoms with Crippen molar-refractivity contribution in [2.24, 2.45) is 0 Å². The molecule has 0 radical (unpaired) electrons. The highest BCUT2D eigenvalue weighted by Crippen LogP contribution is 2.23. The molecular weight excluding hydrogens is 382 g/mol. The highest BCUT2D eigenvalue weighted by Gasteiger charge is 2.17. The molecule has 7 heteroatoms. The van der Waals surface area contributed by atoms with Gasteiger partial charge in [0.2, 0.25) is 0 Å². The summed E-state index contributed by atoms with van der Waals surface area (Å²) in [5.41, 5.74) is 4.15. The molecule has 0 aliphatic carbocycles. The van der Waals surface area contributed by atoms with Crippen LogP contribution >= 0.6 is 0 Å². The molecule has 0 spiro atoms. The van der Waals surface area contributed by atoms with E-state index in [0.29, 0.717) is 12.3 Å². The van der Waals surface area contributed by atoms with Gasteiger partial charge >= 0.3 is 5.97 Å². The topological polar surface area (TPSA) is 93.3 Å². The van der Waals surface area contributed by atoms with E-state index in [1.165, 1.54) is 6.08 Å². The third-order valence-corrected chi connectivity index (χ3v) is 4.68. The van der Waals surface area contributed by atoms with Gasteiger partial charge in [-0.05, 0) is 57.5 Å². The number of hydrogen-bond acceptors (Lipinski definition) is 5. The van der Waals surface area contributed by atoms with Gasteiger partial charge in [-0.2, -0.15) is 5.26 Å². The number of aryl methyl sites for hydroxylation is 2. The van der Waals surface area contributed by atoms with E-state index in [-0.39, 0.29) is 11.6 Å². The molecule has 1 atom stereocenters. The highest BCUT2D eigenvalue weighted by molar-refractivity contribution is 6.00. The fraction of sp³-hybridized carbons (Fsp3) is 0.348. The Morgan fingerprint density at radius 2 is 1.90 bits per heavy atom. The summed E-state index contributed by atoms with van der Waals surface area (Å²) in [6.07, 6.45) is 1.48. The summed E-state index contributed by atoms with van der Waals surface area (Å²) in [7, 11) is 1.64. The second-order valence-electron chi connectivity index (χ2n) is 7.16. The fourth-order valence-electron chi connectivity index (χ4n) is 3.28. The first-order valence-electron chi connectivity index (χ1n) is 9.59. The molecule has 30 heavy (non-hydrogen) atoms. The van der Waals surface area contributed by atoms with E-state index < -0.39 is 18.5 Å². The summed E-state index contributed by atoms with van der Waals surface area (Å²) in [5, 5.41) is 12.0. The zero-order valence-electron chi connectivity index (χ0n) is 18.0. The maximum absolute atomic E-state index is 12.3. The number of carbonyl (C=O) groups excluding carboxylic acids is 2. The van der Waals surface area contributed by atoms with Crippen LogP contribution in [0.3, 0.4) is 0 Å². The Kier molecular flexibility index (Phi) is 7.96. The van der Waals surface area contributed by atoms with Gasteiger partial charge in [0.1, 0.15) is 11.6 Å². The van der Waals surface area contributed by atoms with Crippen molar-refractivity contribution in [3.63, 3.8) is 0 Å². The number of esters is 1. The maximum Gasteiger partial charge on any atom is 0.349 e. The molecule has 1 N–H and O–H groups in total. The predicted octanol–water partition coefficient (Wildman–Crippen LogP) is 3.71. The van der Waals surface area contributed by atoms with E-state index in [9.17, 15) is 14.9 Å². The van der Waals surface area contributed by atoms with Crippen molar-refractivity contribution in [3.05, 3.63) is 58.4 Å². The Bertz CT molecular complexity index is 981. The minimum atomic E-state index is -0.841. The average Bonchev–Trinajstić information content (AvgIpc) is 2.99. The minimum absolute atomic E-state index is 0.111. The summed E-state index contributed by atoms with van der Waals surface area (Å²) in [6.45, 7) is 7.91. The van der Waals surface area contributed by atoms with Gasteiger partial charge in [-0.25, -0.2) is 4.79 Å². The van der Waals surface area contributed by atoms with E-state index in [1.54, 1.807) is 19.2 Å². The maximum atomic E-state index is 12.3. The van der Waals surface area contributed by atoms with Crippen molar-refractivity contribution < 1.29 is 19.1 Å². The third-order valence-electron chi connectivity index (χ3n) is 4.68. The molecule has 0 saturated carbocycles. The standard InChI is InChI=1S/C23H27N3O4/c1-15-6-8-21(9-7-15)25-22(27)14-30-23(28)20(12-24)11-19-10-16(2)26(18(19)4)17(3)13-29-5/h6-11,17H,13-14H2,1-5H3,(H,25,27)/b20-11+/t17-/m1/s1. The number of nitrogens with one attached hydrogen (secondary N) is 1. The van der Waals surface area contributed by atoms with E-state index in [4.69, 9.17) is 9.47 Å². The lowest BCUT2D eigenvalue weighted by Gasteiger charge is -2.17. The monoisotopic (exact) mass is 409 g/mol. The number of hydrogen-bond donors (Lipinski definition) is 1. The molecule has 2 aromatic rings. The molecule has 2 rings (SSSR count). The number of ether oxygens (including phenoxy) is 2. The van der Waals surface area contributed by atoms with E-state index >= 15 is 0 Å². The van der Waals surface area contributed by atoms with Gasteiger partial charge < -0.3 is 19.4 Å². The van der Waals surface area contributed by atoms with Crippen molar-refractivity contribution >= 4 is 23.6 Å². The number of methoxy groups -OCH3 is 1. The molecule has 1 aromatic carbocycles. The van der Waals surface area contributed by atoms with Crippen LogP contribution in [-0.2, 0) is 19.1 Å². The van der Waals surface area contributed by atoms with Crippen LogP contribution < -0.4 is 5.32 Å². The predicted molar refractivity (Wildman–Crippen MR) is 115 cm³/mol. The van der Waals surface area contributed by atoms with Gasteiger partial charge in [0.15, 0.2) is 6.61 Å². The first-order chi connectivity index (χ1) is 14.3. The van der Waals surface area contributed by atoms with Gasteiger partial charge in [-0.1, -0.05) is 17.7 Å². The SMILES string of the molecule is COC[C@@H](C)n1c(C)cc(/C=C(\C#N)C(=O)OCC(=O)Nc2ccc(C)cc2)c1C. The molecule has 7 nitrogen and oxygen atoms in total. The minimum Gasteiger partial charge on any atom is -0.451 e. The van der Waals surface area contributed by atoms with Crippen molar-refractivity contribution in [1.29, 1.82) is 5.26 Å². The second-order valence-corrected chi connectivity index (χ2v) is 7.16. The number of anilines is 1. The fourth-order valence-corrected chi connectivity index (χ4v) is 3.28. The van der Waals surface area contributed by atoms with Crippen LogP contribution in [0.25, 0.3) is 6.08 Å². The number of nitriles is 1. The molecule has 0 aliphatic rings. The van der Waals surface area contributed by atoms with Gasteiger partial charge in [0.25, 0.3) is 5.91 Å². The molecule has 1 aromatic heterocycles. The van der Waals surface area contributed by atoms with Crippen molar-refractivity contribution in [1.82, 2.24) is 4.57 Å². The zero-order chi connectivity index (χ0) is 22.3. The summed E-state index contributed by atoms with van der Waals surface area (Å²) in [5.74, 6) is -1.32. The van der Waals surface area contributed by atoms with Crippen LogP contribution in [0, 0.1) is 32.1 Å². The lowest BCUT2D eigenvalue weighted by atomic mass is 10.1. The summed E-state index contributed by atoms with van der Waals surface area (Å²) in [6, 6.07) is 11.1. The molecule has 158 valence electrons. The lowest BCUT2D eigenvalue weighted by molar-refractivity contribution is -0.142. The van der Waals surface area contributed by atoms with Gasteiger partial charge in [0, 0.05) is 24.2 Å². The summed E-state index contributed by atoms with van der Waals surface area (Å²) >= 11 is 0. The number of aromatic nitrogens is 1. The van der Waals surface area contributed by atoms with Crippen LogP contribution in [-0.4, -0.2) is 36.8 Å². The summed E-state index contributed by atoms with van der Waals surface area (Å²) < 4.78 is 12.3. The second kappa shape index (κ2) is 10.4. The van der Waals surface area contributed by atoms with Crippen molar-refractivity contribution in [2.45, 2.75) is 33.7 Å². The molecule has 0 unspecified atom stereocenters. The van der Waals surface area contributed by atoms with E-state index in [1.807, 2.05) is 52.0 Å². The average molecular weight is 409 g/mol. The number of rotatable bonds is 8. The Labute approximate surface area is 176 Å². The van der Waals surface area contributed by atoms with Crippen molar-refractivity contribution in [3.8, 4) is 6.07 Å². The largest absolute Gasteiger partial charge is 0.451 e. The van der Waals surface area contributed by atoms with Crippen molar-refractivity contribution in [2.75, 3.05) is 25.6 Å². The number of benzene rings is 1. The van der Waals surface area contributed by atoms with Crippen LogP contribution in [0.5, 0.6) is 0 Å². The zero-order valence-corrected chi connectivity index (χ0v) is 18.0. The van der Waals surface area contributed by atoms with E-state index in [0.717, 1.165) is 22.5 Å². The first kappa shape index (κ1) is 22.9. The van der Waals surface area contributed by atoms with Crippen LogP contribution in [0.1, 0.15) is 35.5 Å². The Morgan fingerprint density at radius 1 is 1.23 bits per heavy atom. The summed E-state index contributed by atoms with van der Waals surface area (Å²) in [4.78, 5) is 24.3. The van der Waals surface area contributed by atoms with Gasteiger partial charge in [-0.3, -0.25) is 4.79 Å². The van der Waals surface area contributed by atoms with E-state index in [2.05, 4.69) is 9.88 Å². The molecule has 0 bridgehead atoms. The smallest absolute Gasteiger partial charge is 0.349 e. The molecule has 0 saturated heterocycles. The van der Waals surface area contributed by atoms with Crippen LogP contribution in [0.15, 0.2) is 35.9 Å². The first-order valence-corrected chi connectivity index (χ1v) is 9.59. The normalized spacial score (nSPS) is 12.2. The number of carbonyl (C=O) groups is 2. The molecule has 1 amide bonds. The Morgan fingerprint density at radius 3 is 2.50 bits per heavy atom. The third kappa shape index (κ3) is 5.82. The molecular formula is C23H27N3O4. The lowest BCUT2D eigenvalue weighted by Crippen LogP contribution is -2.21. The number of amides is 1. The van der Waals surface area contributed by atoms with Crippen LogP contribution in [0.4, 0.5) is 5.69 Å². The number of nitrogens with zero attached hydrogens (tertiary/aromatic N) is 2. The quantitative estimate of drug-likeness (QED) is 0.408. The Hall–Kier alpha value is -3.37. The Balaban J connectivity index is 2.06. The van der Waals surface area contributed by atoms with Crippen LogP contribution in [0.2, 0.25) is 0 Å². The molecule has 0 fully saturated rings.